The van der Waals surface area contributed by atoms with Crippen LogP contribution in [0.3, 0.4) is 0 Å². The van der Waals surface area contributed by atoms with Crippen LogP contribution in [0, 0.1) is 0 Å². The van der Waals surface area contributed by atoms with E-state index in [2.05, 4.69) is 5.32 Å². The van der Waals surface area contributed by atoms with E-state index < -0.39 is 24.9 Å². The van der Waals surface area contributed by atoms with Crippen molar-refractivity contribution < 1.29 is 18.0 Å². The van der Waals surface area contributed by atoms with Crippen LogP contribution in [-0.4, -0.2) is 31.2 Å². The number of hydrogen-bond donors (Lipinski definition) is 1. The molecule has 0 heterocycles. The summed E-state index contributed by atoms with van der Waals surface area (Å²) in [5, 5.41) is 3.18. The number of para-hydroxylation sites is 1. The predicted octanol–water partition coefficient (Wildman–Crippen LogP) is 3.50. The molecule has 3 nitrogen and oxygen atoms in total. The molecule has 0 bridgehead atoms. The van der Waals surface area contributed by atoms with Crippen molar-refractivity contribution >= 4 is 11.6 Å². The van der Waals surface area contributed by atoms with Gasteiger partial charge in [-0.2, -0.15) is 13.2 Å². The maximum Gasteiger partial charge on any atom is 0.389 e. The third kappa shape index (κ3) is 4.22. The molecule has 1 aliphatic carbocycles. The zero-order valence-electron chi connectivity index (χ0n) is 12.6. The zero-order chi connectivity index (χ0) is 16.2. The van der Waals surface area contributed by atoms with E-state index in [9.17, 15) is 18.0 Å². The molecule has 0 spiro atoms. The highest BCUT2D eigenvalue weighted by Gasteiger charge is 2.36. The van der Waals surface area contributed by atoms with Crippen LogP contribution in [0.1, 0.15) is 32.1 Å². The van der Waals surface area contributed by atoms with Gasteiger partial charge in [0.1, 0.15) is 0 Å². The van der Waals surface area contributed by atoms with Crippen LogP contribution in [0.5, 0.6) is 0 Å². The fraction of sp³-hybridized carbons (Fsp3) is 0.562. The summed E-state index contributed by atoms with van der Waals surface area (Å²) in [6, 6.07) is 8.99. The number of amides is 1. The molecule has 1 aromatic rings. The van der Waals surface area contributed by atoms with E-state index in [0.717, 1.165) is 19.3 Å². The summed E-state index contributed by atoms with van der Waals surface area (Å²) in [7, 11) is 1.83. The van der Waals surface area contributed by atoms with Gasteiger partial charge in [-0.15, -0.1) is 0 Å². The van der Waals surface area contributed by atoms with Gasteiger partial charge < -0.3 is 10.2 Å². The lowest BCUT2D eigenvalue weighted by atomic mass is 10.1. The van der Waals surface area contributed by atoms with Gasteiger partial charge in [0.15, 0.2) is 0 Å². The molecule has 2 unspecified atom stereocenters. The summed E-state index contributed by atoms with van der Waals surface area (Å²) >= 11 is 0. The molecule has 1 aromatic carbocycles. The second-order valence-corrected chi connectivity index (χ2v) is 5.61. The number of hydrogen-bond acceptors (Lipinski definition) is 2. The molecule has 0 saturated heterocycles. The van der Waals surface area contributed by atoms with E-state index >= 15 is 0 Å². The van der Waals surface area contributed by atoms with Crippen molar-refractivity contribution in [3.05, 3.63) is 30.3 Å². The fourth-order valence-electron chi connectivity index (χ4n) is 3.06. The average Bonchev–Trinajstić information content (AvgIpc) is 2.94. The molecule has 1 aliphatic rings. The number of rotatable bonds is 5. The quantitative estimate of drug-likeness (QED) is 0.902. The highest BCUT2D eigenvalue weighted by molar-refractivity contribution is 5.94. The first-order valence-corrected chi connectivity index (χ1v) is 7.53. The summed E-state index contributed by atoms with van der Waals surface area (Å²) in [5.74, 6) is -0.462. The van der Waals surface area contributed by atoms with Gasteiger partial charge in [0.25, 0.3) is 0 Å². The van der Waals surface area contributed by atoms with Crippen LogP contribution in [0.2, 0.25) is 0 Å². The van der Waals surface area contributed by atoms with E-state index in [4.69, 9.17) is 0 Å². The van der Waals surface area contributed by atoms with E-state index in [1.165, 1.54) is 0 Å². The lowest BCUT2D eigenvalue weighted by Crippen LogP contribution is -2.49. The minimum atomic E-state index is -4.31. The second kappa shape index (κ2) is 7.13. The Balaban J connectivity index is 2.20. The molecular weight excluding hydrogens is 293 g/mol. The van der Waals surface area contributed by atoms with Crippen LogP contribution in [0.4, 0.5) is 18.9 Å². The molecule has 0 aromatic heterocycles. The second-order valence-electron chi connectivity index (χ2n) is 5.61. The van der Waals surface area contributed by atoms with Crippen molar-refractivity contribution in [1.82, 2.24) is 5.32 Å². The Bertz CT molecular complexity index is 490. The Morgan fingerprint density at radius 1 is 1.27 bits per heavy atom. The largest absolute Gasteiger partial charge is 0.389 e. The monoisotopic (exact) mass is 314 g/mol. The van der Waals surface area contributed by atoms with Crippen molar-refractivity contribution in [2.75, 3.05) is 11.9 Å². The molecule has 2 atom stereocenters. The maximum absolute atomic E-state index is 12.4. The van der Waals surface area contributed by atoms with Gasteiger partial charge in [-0.25, -0.2) is 0 Å². The number of halogens is 3. The van der Waals surface area contributed by atoms with E-state index in [-0.39, 0.29) is 12.1 Å². The molecule has 1 N–H and O–H groups in total. The molecule has 1 amide bonds. The lowest BCUT2D eigenvalue weighted by molar-refractivity contribution is -0.143. The summed E-state index contributed by atoms with van der Waals surface area (Å²) in [5.41, 5.74) is 0.668. The summed E-state index contributed by atoms with van der Waals surface area (Å²) < 4.78 is 37.3. The number of alkyl halides is 3. The number of anilines is 1. The van der Waals surface area contributed by atoms with E-state index in [0.29, 0.717) is 5.69 Å². The van der Waals surface area contributed by atoms with Gasteiger partial charge in [-0.1, -0.05) is 18.2 Å². The topological polar surface area (TPSA) is 32.3 Å². The van der Waals surface area contributed by atoms with Crippen LogP contribution >= 0.6 is 0 Å². The van der Waals surface area contributed by atoms with Gasteiger partial charge in [0.2, 0.25) is 5.91 Å². The van der Waals surface area contributed by atoms with E-state index in [1.807, 2.05) is 13.1 Å². The summed E-state index contributed by atoms with van der Waals surface area (Å²) in [6.45, 7) is 0. The molecule has 22 heavy (non-hydrogen) atoms. The Morgan fingerprint density at radius 3 is 2.55 bits per heavy atom. The first kappa shape index (κ1) is 16.8. The molecule has 1 fully saturated rings. The van der Waals surface area contributed by atoms with Crippen LogP contribution in [-0.2, 0) is 4.79 Å². The molecule has 6 heteroatoms. The van der Waals surface area contributed by atoms with Crippen molar-refractivity contribution in [3.8, 4) is 0 Å². The zero-order valence-corrected chi connectivity index (χ0v) is 12.6. The van der Waals surface area contributed by atoms with Crippen molar-refractivity contribution in [1.29, 1.82) is 0 Å². The average molecular weight is 314 g/mol. The standard InChI is InChI=1S/C16H21F3N2O/c1-20-13-8-5-9-14(13)21(12-6-3-2-4-7-12)15(22)10-11-16(17,18)19/h2-4,6-7,13-14,20H,5,8-11H2,1H3. The Kier molecular flexibility index (Phi) is 5.45. The highest BCUT2D eigenvalue weighted by Crippen LogP contribution is 2.30. The Hall–Kier alpha value is -1.56. The number of carbonyl (C=O) groups is 1. The van der Waals surface area contributed by atoms with Crippen molar-refractivity contribution in [2.24, 2.45) is 0 Å². The molecule has 2 rings (SSSR count). The highest BCUT2D eigenvalue weighted by atomic mass is 19.4. The van der Waals surface area contributed by atoms with Gasteiger partial charge in [0, 0.05) is 18.2 Å². The number of benzene rings is 1. The molecule has 0 aliphatic heterocycles. The fourth-order valence-corrected chi connectivity index (χ4v) is 3.06. The molecule has 1 saturated carbocycles. The van der Waals surface area contributed by atoms with Gasteiger partial charge in [0.05, 0.1) is 12.5 Å². The first-order chi connectivity index (χ1) is 10.4. The smallest absolute Gasteiger partial charge is 0.315 e. The van der Waals surface area contributed by atoms with Gasteiger partial charge in [-0.3, -0.25) is 4.79 Å². The van der Waals surface area contributed by atoms with Crippen LogP contribution < -0.4 is 10.2 Å². The number of likely N-dealkylation sites (N-methyl/N-ethyl adjacent to an activating group) is 1. The normalized spacial score (nSPS) is 21.8. The summed E-state index contributed by atoms with van der Waals surface area (Å²) in [4.78, 5) is 14.0. The Labute approximate surface area is 128 Å². The minimum absolute atomic E-state index is 0.0897. The predicted molar refractivity (Wildman–Crippen MR) is 79.7 cm³/mol. The molecule has 122 valence electrons. The Morgan fingerprint density at radius 2 is 1.95 bits per heavy atom. The third-order valence-electron chi connectivity index (χ3n) is 4.11. The first-order valence-electron chi connectivity index (χ1n) is 7.53. The molecular formula is C16H21F3N2O. The number of nitrogens with zero attached hydrogens (tertiary/aromatic N) is 1. The van der Waals surface area contributed by atoms with E-state index in [1.54, 1.807) is 29.2 Å². The van der Waals surface area contributed by atoms with Crippen molar-refractivity contribution in [3.63, 3.8) is 0 Å². The lowest BCUT2D eigenvalue weighted by Gasteiger charge is -2.33. The van der Waals surface area contributed by atoms with Crippen LogP contribution in [0.15, 0.2) is 30.3 Å². The SMILES string of the molecule is CNC1CCCC1N(C(=O)CCC(F)(F)F)c1ccccc1. The van der Waals surface area contributed by atoms with Crippen LogP contribution in [0.25, 0.3) is 0 Å². The number of carbonyl (C=O) groups excluding carboxylic acids is 1. The van der Waals surface area contributed by atoms with Gasteiger partial charge >= 0.3 is 6.18 Å². The number of nitrogens with one attached hydrogen (secondary N) is 1. The third-order valence-corrected chi connectivity index (χ3v) is 4.11. The minimum Gasteiger partial charge on any atom is -0.315 e. The molecule has 0 radical (unpaired) electrons. The maximum atomic E-state index is 12.4. The summed E-state index contributed by atoms with van der Waals surface area (Å²) in [6.07, 6.45) is -3.20. The van der Waals surface area contributed by atoms with Gasteiger partial charge in [-0.05, 0) is 38.4 Å². The van der Waals surface area contributed by atoms with Crippen molar-refractivity contribution in [2.45, 2.75) is 50.4 Å².